The van der Waals surface area contributed by atoms with Crippen LogP contribution in [0.2, 0.25) is 0 Å². The lowest BCUT2D eigenvalue weighted by Gasteiger charge is -2.28. The van der Waals surface area contributed by atoms with E-state index < -0.39 is 0 Å². The van der Waals surface area contributed by atoms with Crippen LogP contribution in [0.3, 0.4) is 0 Å². The second-order valence-corrected chi connectivity index (χ2v) is 3.43. The molecule has 0 bridgehead atoms. The Morgan fingerprint density at radius 3 is 2.79 bits per heavy atom. The van der Waals surface area contributed by atoms with Crippen molar-refractivity contribution in [1.82, 2.24) is 15.3 Å². The van der Waals surface area contributed by atoms with Gasteiger partial charge in [0, 0.05) is 19.0 Å². The van der Waals surface area contributed by atoms with Crippen LogP contribution < -0.4 is 5.32 Å². The average Bonchev–Trinajstić information content (AvgIpc) is 2.20. The molecule has 0 saturated heterocycles. The van der Waals surface area contributed by atoms with Crippen molar-refractivity contribution in [1.29, 1.82) is 0 Å². The first-order valence-electron chi connectivity index (χ1n) is 4.85. The maximum absolute atomic E-state index is 9.00. The number of aliphatic hydroxyl groups excluding tert-OH is 1. The van der Waals surface area contributed by atoms with Gasteiger partial charge in [-0.1, -0.05) is 6.92 Å². The van der Waals surface area contributed by atoms with E-state index in [4.69, 9.17) is 5.11 Å². The van der Waals surface area contributed by atoms with Crippen molar-refractivity contribution in [2.75, 3.05) is 13.2 Å². The topological polar surface area (TPSA) is 58.0 Å². The van der Waals surface area contributed by atoms with Gasteiger partial charge in [0.2, 0.25) is 0 Å². The third-order valence-corrected chi connectivity index (χ3v) is 2.31. The van der Waals surface area contributed by atoms with E-state index in [1.165, 1.54) is 0 Å². The summed E-state index contributed by atoms with van der Waals surface area (Å²) in [6.07, 6.45) is 5.69. The van der Waals surface area contributed by atoms with Crippen LogP contribution in [0.25, 0.3) is 0 Å². The second kappa shape index (κ2) is 5.02. The van der Waals surface area contributed by atoms with Crippen LogP contribution in [0.15, 0.2) is 18.6 Å². The molecule has 0 fully saturated rings. The molecule has 0 aliphatic carbocycles. The van der Waals surface area contributed by atoms with Gasteiger partial charge in [0.05, 0.1) is 17.4 Å². The molecule has 0 amide bonds. The Morgan fingerprint density at radius 2 is 2.29 bits per heavy atom. The van der Waals surface area contributed by atoms with Crippen LogP contribution in [-0.2, 0) is 5.54 Å². The fraction of sp³-hybridized carbons (Fsp3) is 0.600. The molecule has 14 heavy (non-hydrogen) atoms. The number of aliphatic hydroxyl groups is 1. The smallest absolute Gasteiger partial charge is 0.0785 e. The summed E-state index contributed by atoms with van der Waals surface area (Å²) < 4.78 is 0. The standard InChI is InChI=1S/C10H17N3O/c1-3-13-10(2,4-7-14)9-8-11-5-6-12-9/h5-6,8,13-14H,3-4,7H2,1-2H3. The van der Waals surface area contributed by atoms with Gasteiger partial charge in [-0.2, -0.15) is 0 Å². The van der Waals surface area contributed by atoms with Gasteiger partial charge in [-0.15, -0.1) is 0 Å². The van der Waals surface area contributed by atoms with Gasteiger partial charge in [0.1, 0.15) is 0 Å². The number of aromatic nitrogens is 2. The largest absolute Gasteiger partial charge is 0.396 e. The lowest BCUT2D eigenvalue weighted by Crippen LogP contribution is -2.41. The van der Waals surface area contributed by atoms with Gasteiger partial charge in [-0.05, 0) is 19.9 Å². The zero-order valence-corrected chi connectivity index (χ0v) is 8.70. The normalized spacial score (nSPS) is 15.1. The van der Waals surface area contributed by atoms with Gasteiger partial charge in [-0.25, -0.2) is 0 Å². The maximum Gasteiger partial charge on any atom is 0.0785 e. The maximum atomic E-state index is 9.00. The molecule has 0 spiro atoms. The monoisotopic (exact) mass is 195 g/mol. The van der Waals surface area contributed by atoms with Crippen LogP contribution in [-0.4, -0.2) is 28.2 Å². The molecule has 0 aromatic carbocycles. The third-order valence-electron chi connectivity index (χ3n) is 2.31. The Labute approximate surface area is 84.4 Å². The van der Waals surface area contributed by atoms with Crippen molar-refractivity contribution < 1.29 is 5.11 Å². The first kappa shape index (κ1) is 11.1. The fourth-order valence-electron chi connectivity index (χ4n) is 1.50. The van der Waals surface area contributed by atoms with Crippen molar-refractivity contribution >= 4 is 0 Å². The molecule has 0 aliphatic heterocycles. The van der Waals surface area contributed by atoms with Gasteiger partial charge in [-0.3, -0.25) is 9.97 Å². The molecular weight excluding hydrogens is 178 g/mol. The van der Waals surface area contributed by atoms with Crippen LogP contribution in [0, 0.1) is 0 Å². The van der Waals surface area contributed by atoms with Crippen molar-refractivity contribution in [2.24, 2.45) is 0 Å². The molecule has 1 heterocycles. The number of nitrogens with zero attached hydrogens (tertiary/aromatic N) is 2. The minimum atomic E-state index is -0.280. The van der Waals surface area contributed by atoms with Gasteiger partial charge >= 0.3 is 0 Å². The highest BCUT2D eigenvalue weighted by Crippen LogP contribution is 2.20. The lowest BCUT2D eigenvalue weighted by molar-refractivity contribution is 0.219. The highest BCUT2D eigenvalue weighted by atomic mass is 16.3. The van der Waals surface area contributed by atoms with E-state index >= 15 is 0 Å². The molecule has 0 radical (unpaired) electrons. The predicted octanol–water partition coefficient (Wildman–Crippen LogP) is 0.684. The number of hydrogen-bond acceptors (Lipinski definition) is 4. The number of hydrogen-bond donors (Lipinski definition) is 2. The first-order valence-corrected chi connectivity index (χ1v) is 4.85. The summed E-state index contributed by atoms with van der Waals surface area (Å²) in [5, 5.41) is 12.3. The lowest BCUT2D eigenvalue weighted by atomic mass is 9.94. The van der Waals surface area contributed by atoms with Crippen LogP contribution in [0.4, 0.5) is 0 Å². The number of rotatable bonds is 5. The summed E-state index contributed by atoms with van der Waals surface area (Å²) in [6.45, 7) is 5.04. The molecule has 4 nitrogen and oxygen atoms in total. The highest BCUT2D eigenvalue weighted by molar-refractivity contribution is 5.09. The van der Waals surface area contributed by atoms with Gasteiger partial charge in [0.15, 0.2) is 0 Å². The van der Waals surface area contributed by atoms with E-state index in [-0.39, 0.29) is 12.1 Å². The second-order valence-electron chi connectivity index (χ2n) is 3.43. The average molecular weight is 195 g/mol. The molecule has 0 aliphatic rings. The van der Waals surface area contributed by atoms with Crippen LogP contribution in [0.1, 0.15) is 26.0 Å². The van der Waals surface area contributed by atoms with Crippen LogP contribution in [0.5, 0.6) is 0 Å². The van der Waals surface area contributed by atoms with E-state index in [0.717, 1.165) is 12.2 Å². The molecule has 78 valence electrons. The van der Waals surface area contributed by atoms with Gasteiger partial charge < -0.3 is 10.4 Å². The Morgan fingerprint density at radius 1 is 1.50 bits per heavy atom. The fourth-order valence-corrected chi connectivity index (χ4v) is 1.50. The number of nitrogens with one attached hydrogen (secondary N) is 1. The van der Waals surface area contributed by atoms with Crippen molar-refractivity contribution in [2.45, 2.75) is 25.8 Å². The quantitative estimate of drug-likeness (QED) is 0.725. The summed E-state index contributed by atoms with van der Waals surface area (Å²) in [7, 11) is 0. The SMILES string of the molecule is CCNC(C)(CCO)c1cnccn1. The van der Waals surface area contributed by atoms with Crippen LogP contribution >= 0.6 is 0 Å². The minimum absolute atomic E-state index is 0.139. The van der Waals surface area contributed by atoms with E-state index in [9.17, 15) is 0 Å². The molecule has 4 heteroatoms. The van der Waals surface area contributed by atoms with E-state index in [0.29, 0.717) is 6.42 Å². The minimum Gasteiger partial charge on any atom is -0.396 e. The van der Waals surface area contributed by atoms with E-state index in [1.54, 1.807) is 18.6 Å². The predicted molar refractivity (Wildman–Crippen MR) is 54.8 cm³/mol. The zero-order chi connectivity index (χ0) is 10.4. The molecule has 1 rings (SSSR count). The first-order chi connectivity index (χ1) is 6.73. The molecule has 1 atom stereocenters. The van der Waals surface area contributed by atoms with Crippen molar-refractivity contribution in [3.63, 3.8) is 0 Å². The van der Waals surface area contributed by atoms with Gasteiger partial charge in [0.25, 0.3) is 0 Å². The Balaban J connectivity index is 2.87. The van der Waals surface area contributed by atoms with Crippen molar-refractivity contribution in [3.05, 3.63) is 24.3 Å². The molecule has 1 aromatic rings. The Hall–Kier alpha value is -1.00. The van der Waals surface area contributed by atoms with E-state index in [1.807, 2.05) is 13.8 Å². The summed E-state index contributed by atoms with van der Waals surface area (Å²) in [5.41, 5.74) is 0.591. The summed E-state index contributed by atoms with van der Waals surface area (Å²) >= 11 is 0. The van der Waals surface area contributed by atoms with E-state index in [2.05, 4.69) is 15.3 Å². The molecule has 1 unspecified atom stereocenters. The van der Waals surface area contributed by atoms with Crippen molar-refractivity contribution in [3.8, 4) is 0 Å². The molecule has 0 saturated carbocycles. The zero-order valence-electron chi connectivity index (χ0n) is 8.70. The Kier molecular flexibility index (Phi) is 3.98. The molecule has 2 N–H and O–H groups in total. The summed E-state index contributed by atoms with van der Waals surface area (Å²) in [6, 6.07) is 0. The highest BCUT2D eigenvalue weighted by Gasteiger charge is 2.26. The Bertz CT molecular complexity index is 257. The molecule has 1 aromatic heterocycles. The summed E-state index contributed by atoms with van der Waals surface area (Å²) in [4.78, 5) is 8.28. The third kappa shape index (κ3) is 2.49. The molecular formula is C10H17N3O. The summed E-state index contributed by atoms with van der Waals surface area (Å²) in [5.74, 6) is 0.